The highest BCUT2D eigenvalue weighted by Crippen LogP contribution is 2.26. The van der Waals surface area contributed by atoms with Gasteiger partial charge in [0.1, 0.15) is 11.5 Å². The SMILES string of the molecule is COc1ccc(C(=O)CCC(=O)Nc2nccs2)c(OC)c1. The normalized spacial score (nSPS) is 10.1. The third-order valence-corrected chi connectivity index (χ3v) is 3.66. The standard InChI is InChI=1S/C15H16N2O4S/c1-20-10-3-4-11(13(9-10)21-2)12(18)5-6-14(19)17-15-16-7-8-22-15/h3-4,7-9H,5-6H2,1-2H3,(H,16,17,19). The molecule has 0 aliphatic rings. The molecule has 0 radical (unpaired) electrons. The van der Waals surface area contributed by atoms with E-state index in [2.05, 4.69) is 10.3 Å². The lowest BCUT2D eigenvalue weighted by Crippen LogP contribution is -2.13. The van der Waals surface area contributed by atoms with E-state index in [0.29, 0.717) is 22.2 Å². The number of benzene rings is 1. The third-order valence-electron chi connectivity index (χ3n) is 2.97. The molecule has 0 spiro atoms. The number of nitrogens with one attached hydrogen (secondary N) is 1. The van der Waals surface area contributed by atoms with E-state index in [-0.39, 0.29) is 24.5 Å². The zero-order valence-corrected chi connectivity index (χ0v) is 13.1. The van der Waals surface area contributed by atoms with Gasteiger partial charge in [0.05, 0.1) is 19.8 Å². The molecule has 0 aliphatic heterocycles. The van der Waals surface area contributed by atoms with Crippen molar-refractivity contribution in [2.24, 2.45) is 0 Å². The van der Waals surface area contributed by atoms with Gasteiger partial charge in [0.25, 0.3) is 0 Å². The second-order valence-corrected chi connectivity index (χ2v) is 5.27. The van der Waals surface area contributed by atoms with Crippen molar-refractivity contribution in [3.8, 4) is 11.5 Å². The van der Waals surface area contributed by atoms with E-state index in [9.17, 15) is 9.59 Å². The molecule has 0 fully saturated rings. The lowest BCUT2D eigenvalue weighted by Gasteiger charge is -2.09. The van der Waals surface area contributed by atoms with Gasteiger partial charge in [0, 0.05) is 30.5 Å². The topological polar surface area (TPSA) is 77.5 Å². The molecular weight excluding hydrogens is 304 g/mol. The van der Waals surface area contributed by atoms with Crippen LogP contribution in [0.1, 0.15) is 23.2 Å². The van der Waals surface area contributed by atoms with Crippen LogP contribution in [0.5, 0.6) is 11.5 Å². The van der Waals surface area contributed by atoms with Crippen molar-refractivity contribution in [2.75, 3.05) is 19.5 Å². The molecule has 0 saturated carbocycles. The first-order chi connectivity index (χ1) is 10.6. The number of anilines is 1. The molecule has 22 heavy (non-hydrogen) atoms. The van der Waals surface area contributed by atoms with Crippen molar-refractivity contribution < 1.29 is 19.1 Å². The fraction of sp³-hybridized carbons (Fsp3) is 0.267. The highest BCUT2D eigenvalue weighted by molar-refractivity contribution is 7.13. The molecule has 1 aromatic carbocycles. The van der Waals surface area contributed by atoms with Gasteiger partial charge in [0.2, 0.25) is 5.91 Å². The maximum absolute atomic E-state index is 12.2. The van der Waals surface area contributed by atoms with E-state index < -0.39 is 0 Å². The molecule has 6 nitrogen and oxygen atoms in total. The molecule has 2 rings (SSSR count). The largest absolute Gasteiger partial charge is 0.497 e. The molecule has 116 valence electrons. The second-order valence-electron chi connectivity index (χ2n) is 4.37. The number of Topliss-reactive ketones (excluding diaryl/α,β-unsaturated/α-hetero) is 1. The quantitative estimate of drug-likeness (QED) is 0.794. The van der Waals surface area contributed by atoms with E-state index in [1.807, 2.05) is 0 Å². The van der Waals surface area contributed by atoms with Crippen molar-refractivity contribution in [3.63, 3.8) is 0 Å². The van der Waals surface area contributed by atoms with Gasteiger partial charge in [-0.15, -0.1) is 11.3 Å². The van der Waals surface area contributed by atoms with Gasteiger partial charge in [-0.25, -0.2) is 4.98 Å². The average Bonchev–Trinajstić information content (AvgIpc) is 3.04. The summed E-state index contributed by atoms with van der Waals surface area (Å²) >= 11 is 1.33. The number of hydrogen-bond acceptors (Lipinski definition) is 6. The summed E-state index contributed by atoms with van der Waals surface area (Å²) < 4.78 is 10.3. The maximum Gasteiger partial charge on any atom is 0.226 e. The first-order valence-corrected chi connectivity index (χ1v) is 7.46. The monoisotopic (exact) mass is 320 g/mol. The van der Waals surface area contributed by atoms with Gasteiger partial charge in [-0.3, -0.25) is 9.59 Å². The number of hydrogen-bond donors (Lipinski definition) is 1. The zero-order chi connectivity index (χ0) is 15.9. The molecular formula is C15H16N2O4S. The van der Waals surface area contributed by atoms with Crippen molar-refractivity contribution in [2.45, 2.75) is 12.8 Å². The Kier molecular flexibility index (Phi) is 5.48. The fourth-order valence-corrected chi connectivity index (χ4v) is 2.40. The summed E-state index contributed by atoms with van der Waals surface area (Å²) in [6.07, 6.45) is 1.79. The summed E-state index contributed by atoms with van der Waals surface area (Å²) in [4.78, 5) is 27.9. The Morgan fingerprint density at radius 3 is 2.68 bits per heavy atom. The van der Waals surface area contributed by atoms with E-state index in [4.69, 9.17) is 9.47 Å². The Balaban J connectivity index is 1.96. The number of nitrogens with zero attached hydrogens (tertiary/aromatic N) is 1. The van der Waals surface area contributed by atoms with E-state index in [0.717, 1.165) is 0 Å². The summed E-state index contributed by atoms with van der Waals surface area (Å²) in [5, 5.41) is 4.93. The van der Waals surface area contributed by atoms with Crippen LogP contribution in [-0.2, 0) is 4.79 Å². The summed E-state index contributed by atoms with van der Waals surface area (Å²) in [6.45, 7) is 0. The summed E-state index contributed by atoms with van der Waals surface area (Å²) in [5.74, 6) is 0.643. The van der Waals surface area contributed by atoms with Crippen molar-refractivity contribution >= 4 is 28.2 Å². The molecule has 0 saturated heterocycles. The number of aromatic nitrogens is 1. The molecule has 1 N–H and O–H groups in total. The minimum Gasteiger partial charge on any atom is -0.497 e. The molecule has 1 heterocycles. The zero-order valence-electron chi connectivity index (χ0n) is 12.3. The van der Waals surface area contributed by atoms with Crippen LogP contribution in [0.2, 0.25) is 0 Å². The first-order valence-electron chi connectivity index (χ1n) is 6.58. The van der Waals surface area contributed by atoms with Crippen LogP contribution in [0.15, 0.2) is 29.8 Å². The Morgan fingerprint density at radius 1 is 1.23 bits per heavy atom. The van der Waals surface area contributed by atoms with Crippen molar-refractivity contribution in [3.05, 3.63) is 35.3 Å². The fourth-order valence-electron chi connectivity index (χ4n) is 1.86. The van der Waals surface area contributed by atoms with E-state index in [1.54, 1.807) is 36.9 Å². The second kappa shape index (κ2) is 7.56. The molecule has 0 unspecified atom stereocenters. The average molecular weight is 320 g/mol. The van der Waals surface area contributed by atoms with Crippen LogP contribution >= 0.6 is 11.3 Å². The first kappa shape index (κ1) is 16.0. The van der Waals surface area contributed by atoms with Gasteiger partial charge in [0.15, 0.2) is 10.9 Å². The number of rotatable bonds is 7. The maximum atomic E-state index is 12.2. The lowest BCUT2D eigenvalue weighted by atomic mass is 10.0. The van der Waals surface area contributed by atoms with Crippen LogP contribution < -0.4 is 14.8 Å². The van der Waals surface area contributed by atoms with Crippen LogP contribution in [0, 0.1) is 0 Å². The Hall–Kier alpha value is -2.41. The molecule has 2 aromatic rings. The van der Waals surface area contributed by atoms with Crippen molar-refractivity contribution in [1.82, 2.24) is 4.98 Å². The lowest BCUT2D eigenvalue weighted by molar-refractivity contribution is -0.116. The number of amides is 1. The van der Waals surface area contributed by atoms with Crippen LogP contribution in [-0.4, -0.2) is 30.9 Å². The van der Waals surface area contributed by atoms with Gasteiger partial charge >= 0.3 is 0 Å². The summed E-state index contributed by atoms with van der Waals surface area (Å²) in [5.41, 5.74) is 0.436. The predicted molar refractivity (Wildman–Crippen MR) is 83.9 cm³/mol. The van der Waals surface area contributed by atoms with E-state index in [1.165, 1.54) is 18.4 Å². The van der Waals surface area contributed by atoms with Gasteiger partial charge in [-0.05, 0) is 12.1 Å². The summed E-state index contributed by atoms with van der Waals surface area (Å²) in [6, 6.07) is 4.97. The molecule has 1 aromatic heterocycles. The van der Waals surface area contributed by atoms with Crippen molar-refractivity contribution in [1.29, 1.82) is 0 Å². The van der Waals surface area contributed by atoms with Gasteiger partial charge in [-0.1, -0.05) is 0 Å². The molecule has 1 amide bonds. The minimum absolute atomic E-state index is 0.0909. The molecule has 7 heteroatoms. The highest BCUT2D eigenvalue weighted by atomic mass is 32.1. The number of ketones is 1. The number of carbonyl (C=O) groups is 2. The van der Waals surface area contributed by atoms with E-state index >= 15 is 0 Å². The Morgan fingerprint density at radius 2 is 2.05 bits per heavy atom. The summed E-state index contributed by atoms with van der Waals surface area (Å²) in [7, 11) is 3.03. The third kappa shape index (κ3) is 4.05. The highest BCUT2D eigenvalue weighted by Gasteiger charge is 2.15. The van der Waals surface area contributed by atoms with Gasteiger partial charge in [-0.2, -0.15) is 0 Å². The smallest absolute Gasteiger partial charge is 0.226 e. The molecule has 0 aliphatic carbocycles. The Bertz CT molecular complexity index is 656. The molecule has 0 bridgehead atoms. The van der Waals surface area contributed by atoms with Crippen LogP contribution in [0.3, 0.4) is 0 Å². The number of ether oxygens (including phenoxy) is 2. The van der Waals surface area contributed by atoms with Crippen LogP contribution in [0.4, 0.5) is 5.13 Å². The number of thiazole rings is 1. The number of methoxy groups -OCH3 is 2. The van der Waals surface area contributed by atoms with Gasteiger partial charge < -0.3 is 14.8 Å². The van der Waals surface area contributed by atoms with Crippen LogP contribution in [0.25, 0.3) is 0 Å². The number of carbonyl (C=O) groups excluding carboxylic acids is 2. The molecule has 0 atom stereocenters. The predicted octanol–water partition coefficient (Wildman–Crippen LogP) is 2.76. The Labute approximate surface area is 132 Å². The minimum atomic E-state index is -0.240.